The van der Waals surface area contributed by atoms with Gasteiger partial charge in [-0.25, -0.2) is 0 Å². The van der Waals surface area contributed by atoms with Crippen molar-refractivity contribution in [3.05, 3.63) is 65.2 Å². The fraction of sp³-hybridized carbons (Fsp3) is 0.409. The SMILES string of the molecule is COc1ccc([C@@H](CNC(=O)c2ccc(CSC)cc2)N2CCCC2)cc1. The van der Waals surface area contributed by atoms with Crippen LogP contribution in [0.5, 0.6) is 5.75 Å². The topological polar surface area (TPSA) is 41.6 Å². The molecule has 27 heavy (non-hydrogen) atoms. The van der Waals surface area contributed by atoms with Crippen LogP contribution in [-0.2, 0) is 5.75 Å². The lowest BCUT2D eigenvalue weighted by Crippen LogP contribution is -2.36. The van der Waals surface area contributed by atoms with E-state index in [-0.39, 0.29) is 11.9 Å². The Kier molecular flexibility index (Phi) is 7.18. The zero-order valence-corrected chi connectivity index (χ0v) is 16.9. The van der Waals surface area contributed by atoms with Gasteiger partial charge < -0.3 is 10.1 Å². The van der Waals surface area contributed by atoms with Crippen LogP contribution in [0.25, 0.3) is 0 Å². The van der Waals surface area contributed by atoms with Crippen molar-refractivity contribution in [2.24, 2.45) is 0 Å². The molecule has 2 aromatic carbocycles. The van der Waals surface area contributed by atoms with Crippen LogP contribution in [0.1, 0.15) is 40.4 Å². The van der Waals surface area contributed by atoms with Crippen molar-refractivity contribution in [2.45, 2.75) is 24.6 Å². The number of likely N-dealkylation sites (tertiary alicyclic amines) is 1. The first-order chi connectivity index (χ1) is 13.2. The summed E-state index contributed by atoms with van der Waals surface area (Å²) in [5, 5.41) is 3.14. The standard InChI is InChI=1S/C22H28N2O2S/c1-26-20-11-9-18(10-12-20)21(24-13-3-4-14-24)15-23-22(25)19-7-5-17(6-8-19)16-27-2/h5-12,21H,3-4,13-16H2,1-2H3,(H,23,25)/t21-/m1/s1. The van der Waals surface area contributed by atoms with Gasteiger partial charge in [0.05, 0.1) is 13.2 Å². The van der Waals surface area contributed by atoms with Gasteiger partial charge in [0.1, 0.15) is 5.75 Å². The van der Waals surface area contributed by atoms with E-state index in [1.807, 2.05) is 36.4 Å². The number of hydrogen-bond acceptors (Lipinski definition) is 4. The second kappa shape index (κ2) is 9.81. The second-order valence-corrected chi connectivity index (χ2v) is 7.74. The number of nitrogens with one attached hydrogen (secondary N) is 1. The van der Waals surface area contributed by atoms with Gasteiger partial charge in [-0.1, -0.05) is 24.3 Å². The molecule has 3 rings (SSSR count). The number of hydrogen-bond donors (Lipinski definition) is 1. The van der Waals surface area contributed by atoms with E-state index in [1.165, 1.54) is 24.0 Å². The Balaban J connectivity index is 1.67. The molecule has 1 amide bonds. The number of carbonyl (C=O) groups excluding carboxylic acids is 1. The molecule has 1 heterocycles. The highest BCUT2D eigenvalue weighted by Crippen LogP contribution is 2.26. The van der Waals surface area contributed by atoms with Crippen molar-refractivity contribution in [2.75, 3.05) is 33.0 Å². The van der Waals surface area contributed by atoms with Gasteiger partial charge >= 0.3 is 0 Å². The molecule has 0 unspecified atom stereocenters. The normalized spacial score (nSPS) is 15.5. The van der Waals surface area contributed by atoms with E-state index in [9.17, 15) is 4.79 Å². The lowest BCUT2D eigenvalue weighted by molar-refractivity contribution is 0.0938. The molecule has 1 N–H and O–H groups in total. The first-order valence-corrected chi connectivity index (χ1v) is 10.8. The minimum absolute atomic E-state index is 0.0107. The fourth-order valence-electron chi connectivity index (χ4n) is 3.55. The monoisotopic (exact) mass is 384 g/mol. The molecule has 2 aromatic rings. The van der Waals surface area contributed by atoms with Gasteiger partial charge in [-0.05, 0) is 67.6 Å². The van der Waals surface area contributed by atoms with Crippen molar-refractivity contribution < 1.29 is 9.53 Å². The quantitative estimate of drug-likeness (QED) is 0.743. The van der Waals surface area contributed by atoms with E-state index >= 15 is 0 Å². The molecular weight excluding hydrogens is 356 g/mol. The smallest absolute Gasteiger partial charge is 0.251 e. The average Bonchev–Trinajstić information content (AvgIpc) is 3.24. The first-order valence-electron chi connectivity index (χ1n) is 9.45. The summed E-state index contributed by atoms with van der Waals surface area (Å²) in [4.78, 5) is 15.1. The number of thioether (sulfide) groups is 1. The number of carbonyl (C=O) groups is 1. The van der Waals surface area contributed by atoms with Crippen LogP contribution < -0.4 is 10.1 Å². The minimum atomic E-state index is -0.0107. The van der Waals surface area contributed by atoms with Crippen molar-refractivity contribution in [1.82, 2.24) is 10.2 Å². The largest absolute Gasteiger partial charge is 0.497 e. The van der Waals surface area contributed by atoms with Gasteiger partial charge in [0, 0.05) is 17.9 Å². The number of rotatable bonds is 8. The summed E-state index contributed by atoms with van der Waals surface area (Å²) in [5.41, 5.74) is 3.18. The lowest BCUT2D eigenvalue weighted by atomic mass is 10.0. The van der Waals surface area contributed by atoms with Crippen LogP contribution in [0.4, 0.5) is 0 Å². The number of ether oxygens (including phenoxy) is 1. The summed E-state index contributed by atoms with van der Waals surface area (Å²) in [7, 11) is 1.68. The van der Waals surface area contributed by atoms with Crippen LogP contribution in [0.3, 0.4) is 0 Å². The van der Waals surface area contributed by atoms with Gasteiger partial charge in [0.2, 0.25) is 0 Å². The minimum Gasteiger partial charge on any atom is -0.497 e. The highest BCUT2D eigenvalue weighted by atomic mass is 32.2. The molecule has 0 spiro atoms. The Bertz CT molecular complexity index is 725. The van der Waals surface area contributed by atoms with Crippen LogP contribution in [-0.4, -0.2) is 43.8 Å². The molecule has 0 saturated carbocycles. The Morgan fingerprint density at radius 1 is 1.11 bits per heavy atom. The van der Waals surface area contributed by atoms with Gasteiger partial charge in [-0.15, -0.1) is 0 Å². The fourth-order valence-corrected chi connectivity index (χ4v) is 4.07. The van der Waals surface area contributed by atoms with Crippen molar-refractivity contribution >= 4 is 17.7 Å². The highest BCUT2D eigenvalue weighted by molar-refractivity contribution is 7.97. The van der Waals surface area contributed by atoms with Gasteiger partial charge in [0.25, 0.3) is 5.91 Å². The number of methoxy groups -OCH3 is 1. The lowest BCUT2D eigenvalue weighted by Gasteiger charge is -2.28. The highest BCUT2D eigenvalue weighted by Gasteiger charge is 2.24. The van der Waals surface area contributed by atoms with E-state index < -0.39 is 0 Å². The van der Waals surface area contributed by atoms with Gasteiger partial charge in [-0.3, -0.25) is 9.69 Å². The summed E-state index contributed by atoms with van der Waals surface area (Å²) in [6, 6.07) is 16.3. The third-order valence-corrected chi connectivity index (χ3v) is 5.69. The summed E-state index contributed by atoms with van der Waals surface area (Å²) in [5.74, 6) is 1.81. The molecule has 144 valence electrons. The maximum Gasteiger partial charge on any atom is 0.251 e. The van der Waals surface area contributed by atoms with E-state index in [0.717, 1.165) is 30.2 Å². The van der Waals surface area contributed by atoms with Crippen LogP contribution in [0, 0.1) is 0 Å². The number of nitrogens with zero attached hydrogens (tertiary/aromatic N) is 1. The Hall–Kier alpha value is -1.98. The molecule has 5 heteroatoms. The molecule has 1 saturated heterocycles. The number of benzene rings is 2. The van der Waals surface area contributed by atoms with E-state index in [2.05, 4.69) is 28.6 Å². The van der Waals surface area contributed by atoms with Crippen molar-refractivity contribution in [3.8, 4) is 5.75 Å². The molecule has 1 aliphatic heterocycles. The maximum absolute atomic E-state index is 12.6. The Morgan fingerprint density at radius 2 is 1.78 bits per heavy atom. The van der Waals surface area contributed by atoms with Gasteiger partial charge in [0.15, 0.2) is 0 Å². The zero-order chi connectivity index (χ0) is 19.1. The zero-order valence-electron chi connectivity index (χ0n) is 16.1. The van der Waals surface area contributed by atoms with Crippen molar-refractivity contribution in [1.29, 1.82) is 0 Å². The molecule has 1 aliphatic rings. The number of amides is 1. The molecule has 1 atom stereocenters. The molecule has 0 aromatic heterocycles. The Labute approximate surface area is 166 Å². The molecule has 1 fully saturated rings. The molecule has 4 nitrogen and oxygen atoms in total. The third-order valence-electron chi connectivity index (χ3n) is 5.07. The predicted molar refractivity (Wildman–Crippen MR) is 113 cm³/mol. The van der Waals surface area contributed by atoms with Crippen LogP contribution in [0.15, 0.2) is 48.5 Å². The van der Waals surface area contributed by atoms with E-state index in [0.29, 0.717) is 6.54 Å². The summed E-state index contributed by atoms with van der Waals surface area (Å²) in [6.07, 6.45) is 4.52. The molecule has 0 aliphatic carbocycles. The summed E-state index contributed by atoms with van der Waals surface area (Å²) < 4.78 is 5.27. The van der Waals surface area contributed by atoms with Crippen LogP contribution >= 0.6 is 11.8 Å². The summed E-state index contributed by atoms with van der Waals surface area (Å²) in [6.45, 7) is 2.77. The van der Waals surface area contributed by atoms with Crippen molar-refractivity contribution in [3.63, 3.8) is 0 Å². The molecular formula is C22H28N2O2S. The van der Waals surface area contributed by atoms with E-state index in [4.69, 9.17) is 4.74 Å². The first kappa shape index (κ1) is 19.8. The molecule has 0 bridgehead atoms. The second-order valence-electron chi connectivity index (χ2n) is 6.87. The predicted octanol–water partition coefficient (Wildman–Crippen LogP) is 4.13. The van der Waals surface area contributed by atoms with Gasteiger partial charge in [-0.2, -0.15) is 11.8 Å². The third kappa shape index (κ3) is 5.27. The maximum atomic E-state index is 12.6. The summed E-state index contributed by atoms with van der Waals surface area (Å²) >= 11 is 1.78. The Morgan fingerprint density at radius 3 is 2.37 bits per heavy atom. The average molecular weight is 385 g/mol. The molecule has 0 radical (unpaired) electrons. The van der Waals surface area contributed by atoms with Crippen LogP contribution in [0.2, 0.25) is 0 Å². The van der Waals surface area contributed by atoms with E-state index in [1.54, 1.807) is 18.9 Å².